The number of pyridine rings is 1. The number of hydrogen-bond donors (Lipinski definition) is 3. The Morgan fingerprint density at radius 1 is 1.25 bits per heavy atom. The van der Waals surface area contributed by atoms with Crippen molar-refractivity contribution in [1.82, 2.24) is 20.3 Å². The van der Waals surface area contributed by atoms with E-state index in [1.807, 2.05) is 6.92 Å². The van der Waals surface area contributed by atoms with Crippen LogP contribution in [0.4, 0.5) is 10.6 Å². The molecule has 3 N–H and O–H groups in total. The molecule has 0 unspecified atom stereocenters. The van der Waals surface area contributed by atoms with Gasteiger partial charge in [0.1, 0.15) is 17.1 Å². The number of rotatable bonds is 3. The van der Waals surface area contributed by atoms with Crippen molar-refractivity contribution in [3.8, 4) is 17.0 Å². The number of nitrogens with zero attached hydrogens (tertiary/aromatic N) is 3. The summed E-state index contributed by atoms with van der Waals surface area (Å²) >= 11 is 3.28. The third-order valence-electron chi connectivity index (χ3n) is 3.23. The molecule has 0 aliphatic heterocycles. The van der Waals surface area contributed by atoms with Crippen molar-refractivity contribution >= 4 is 38.9 Å². The van der Waals surface area contributed by atoms with Crippen LogP contribution in [-0.2, 0) is 0 Å². The molecular formula is C16H14BrN5O2. The molecule has 0 saturated heterocycles. The molecule has 0 aliphatic rings. The van der Waals surface area contributed by atoms with Crippen molar-refractivity contribution in [3.63, 3.8) is 0 Å². The first-order valence-electron chi connectivity index (χ1n) is 7.24. The molecule has 0 aliphatic carbocycles. The van der Waals surface area contributed by atoms with Gasteiger partial charge in [0, 0.05) is 12.1 Å². The van der Waals surface area contributed by atoms with Gasteiger partial charge in [-0.15, -0.1) is 0 Å². The fourth-order valence-electron chi connectivity index (χ4n) is 2.09. The van der Waals surface area contributed by atoms with E-state index in [1.54, 1.807) is 36.5 Å². The van der Waals surface area contributed by atoms with Gasteiger partial charge in [-0.25, -0.2) is 14.8 Å². The van der Waals surface area contributed by atoms with E-state index >= 15 is 0 Å². The molecule has 0 spiro atoms. The zero-order valence-electron chi connectivity index (χ0n) is 12.7. The summed E-state index contributed by atoms with van der Waals surface area (Å²) in [5.74, 6) is 0.547. The van der Waals surface area contributed by atoms with E-state index < -0.39 is 0 Å². The number of aromatic nitrogens is 3. The van der Waals surface area contributed by atoms with Crippen LogP contribution >= 0.6 is 15.9 Å². The minimum absolute atomic E-state index is 0.152. The lowest BCUT2D eigenvalue weighted by Crippen LogP contribution is -2.28. The molecule has 2 aromatic heterocycles. The Balaban J connectivity index is 1.96. The molecule has 0 atom stereocenters. The van der Waals surface area contributed by atoms with Gasteiger partial charge in [0.15, 0.2) is 5.65 Å². The van der Waals surface area contributed by atoms with Gasteiger partial charge in [-0.2, -0.15) is 0 Å². The lowest BCUT2D eigenvalue weighted by Gasteiger charge is -2.07. The fourth-order valence-corrected chi connectivity index (χ4v) is 2.47. The number of phenols is 1. The topological polar surface area (TPSA) is 100 Å². The molecule has 0 saturated carbocycles. The first kappa shape index (κ1) is 16.1. The van der Waals surface area contributed by atoms with Gasteiger partial charge in [-0.05, 0) is 53.2 Å². The summed E-state index contributed by atoms with van der Waals surface area (Å²) in [6.45, 7) is 2.36. The summed E-state index contributed by atoms with van der Waals surface area (Å²) < 4.78 is 0.571. The number of fused-ring (bicyclic) bond motifs is 1. The molecule has 0 fully saturated rings. The molecule has 1 aromatic carbocycles. The Bertz CT molecular complexity index is 916. The summed E-state index contributed by atoms with van der Waals surface area (Å²) in [4.78, 5) is 24.7. The van der Waals surface area contributed by atoms with Gasteiger partial charge in [0.25, 0.3) is 0 Å². The Hall–Kier alpha value is -2.74. The van der Waals surface area contributed by atoms with Gasteiger partial charge < -0.3 is 10.4 Å². The SMILES string of the molecule is CCNC(=O)Nc1ccc2ncc(-c3ccc(O)c(Br)c3)nc2n1. The highest BCUT2D eigenvalue weighted by Gasteiger charge is 2.08. The lowest BCUT2D eigenvalue weighted by molar-refractivity contribution is 0.252. The molecule has 0 radical (unpaired) electrons. The zero-order chi connectivity index (χ0) is 17.1. The number of anilines is 1. The van der Waals surface area contributed by atoms with Crippen LogP contribution < -0.4 is 10.6 Å². The number of nitrogens with one attached hydrogen (secondary N) is 2. The minimum atomic E-state index is -0.323. The van der Waals surface area contributed by atoms with Crippen LogP contribution in [0.3, 0.4) is 0 Å². The van der Waals surface area contributed by atoms with Crippen LogP contribution in [0.25, 0.3) is 22.4 Å². The Morgan fingerprint density at radius 3 is 2.83 bits per heavy atom. The summed E-state index contributed by atoms with van der Waals surface area (Å²) in [6, 6.07) is 8.16. The Labute approximate surface area is 146 Å². The van der Waals surface area contributed by atoms with E-state index in [0.29, 0.717) is 33.7 Å². The highest BCUT2D eigenvalue weighted by atomic mass is 79.9. The molecule has 122 valence electrons. The number of carbonyl (C=O) groups excluding carboxylic acids is 1. The molecule has 3 rings (SSSR count). The van der Waals surface area contributed by atoms with Crippen LogP contribution in [-0.4, -0.2) is 32.6 Å². The maximum Gasteiger partial charge on any atom is 0.320 e. The van der Waals surface area contributed by atoms with Gasteiger partial charge in [-0.1, -0.05) is 0 Å². The molecule has 3 aromatic rings. The number of amides is 2. The Kier molecular flexibility index (Phi) is 4.57. The van der Waals surface area contributed by atoms with Crippen LogP contribution in [0.5, 0.6) is 5.75 Å². The number of carbonyl (C=O) groups is 1. The zero-order valence-corrected chi connectivity index (χ0v) is 14.3. The van der Waals surface area contributed by atoms with Crippen molar-refractivity contribution in [2.24, 2.45) is 0 Å². The quantitative estimate of drug-likeness (QED) is 0.639. The Morgan fingerprint density at radius 2 is 2.08 bits per heavy atom. The van der Waals surface area contributed by atoms with Crippen molar-refractivity contribution in [2.45, 2.75) is 6.92 Å². The summed E-state index contributed by atoms with van der Waals surface area (Å²) in [6.07, 6.45) is 1.64. The van der Waals surface area contributed by atoms with Crippen molar-refractivity contribution < 1.29 is 9.90 Å². The maximum absolute atomic E-state index is 11.6. The molecule has 8 heteroatoms. The van der Waals surface area contributed by atoms with E-state index in [2.05, 4.69) is 41.5 Å². The second kappa shape index (κ2) is 6.79. The largest absolute Gasteiger partial charge is 0.507 e. The van der Waals surface area contributed by atoms with E-state index in [1.165, 1.54) is 0 Å². The molecule has 2 heterocycles. The highest BCUT2D eigenvalue weighted by molar-refractivity contribution is 9.10. The van der Waals surface area contributed by atoms with E-state index in [-0.39, 0.29) is 11.8 Å². The van der Waals surface area contributed by atoms with Gasteiger partial charge in [0.05, 0.1) is 16.4 Å². The van der Waals surface area contributed by atoms with Crippen LogP contribution in [0.1, 0.15) is 6.92 Å². The van der Waals surface area contributed by atoms with Crippen LogP contribution in [0.2, 0.25) is 0 Å². The first-order chi connectivity index (χ1) is 11.6. The standard InChI is InChI=1S/C16H14BrN5O2/c1-2-18-16(24)22-14-6-4-11-15(21-14)20-12(8-19-11)9-3-5-13(23)10(17)7-9/h3-8,23H,2H2,1H3,(H2,18,20,21,22,24). The predicted molar refractivity (Wildman–Crippen MR) is 94.8 cm³/mol. The normalized spacial score (nSPS) is 10.6. The van der Waals surface area contributed by atoms with Crippen molar-refractivity contribution in [1.29, 1.82) is 0 Å². The first-order valence-corrected chi connectivity index (χ1v) is 8.03. The molecule has 24 heavy (non-hydrogen) atoms. The third-order valence-corrected chi connectivity index (χ3v) is 3.86. The molecule has 0 bridgehead atoms. The monoisotopic (exact) mass is 387 g/mol. The number of aromatic hydroxyl groups is 1. The maximum atomic E-state index is 11.6. The lowest BCUT2D eigenvalue weighted by atomic mass is 10.1. The number of phenolic OH excluding ortho intramolecular Hbond substituents is 1. The van der Waals surface area contributed by atoms with Gasteiger partial charge >= 0.3 is 6.03 Å². The van der Waals surface area contributed by atoms with Crippen LogP contribution in [0, 0.1) is 0 Å². The fraction of sp³-hybridized carbons (Fsp3) is 0.125. The second-order valence-corrected chi connectivity index (χ2v) is 5.80. The summed E-state index contributed by atoms with van der Waals surface area (Å²) in [5, 5.41) is 14.9. The number of hydrogen-bond acceptors (Lipinski definition) is 5. The smallest absolute Gasteiger partial charge is 0.320 e. The molecular weight excluding hydrogens is 374 g/mol. The minimum Gasteiger partial charge on any atom is -0.507 e. The number of halogens is 1. The van der Waals surface area contributed by atoms with Gasteiger partial charge in [0.2, 0.25) is 0 Å². The summed E-state index contributed by atoms with van der Waals surface area (Å²) in [7, 11) is 0. The highest BCUT2D eigenvalue weighted by Crippen LogP contribution is 2.29. The van der Waals surface area contributed by atoms with Gasteiger partial charge in [-0.3, -0.25) is 10.3 Å². The average Bonchev–Trinajstić information content (AvgIpc) is 2.57. The molecule has 7 nitrogen and oxygen atoms in total. The number of benzene rings is 1. The van der Waals surface area contributed by atoms with Crippen LogP contribution in [0.15, 0.2) is 41.0 Å². The molecule has 2 amide bonds. The summed E-state index contributed by atoms with van der Waals surface area (Å²) in [5.41, 5.74) is 2.45. The van der Waals surface area contributed by atoms with E-state index in [9.17, 15) is 9.90 Å². The predicted octanol–water partition coefficient (Wildman–Crippen LogP) is 3.30. The van der Waals surface area contributed by atoms with Crippen molar-refractivity contribution in [2.75, 3.05) is 11.9 Å². The second-order valence-electron chi connectivity index (χ2n) is 4.95. The van der Waals surface area contributed by atoms with Crippen molar-refractivity contribution in [3.05, 3.63) is 41.0 Å². The number of urea groups is 1. The van der Waals surface area contributed by atoms with E-state index in [0.717, 1.165) is 5.56 Å². The van der Waals surface area contributed by atoms with E-state index in [4.69, 9.17) is 0 Å². The third kappa shape index (κ3) is 3.43. The average molecular weight is 388 g/mol.